The summed E-state index contributed by atoms with van der Waals surface area (Å²) in [5, 5.41) is 2.55. The molecule has 0 atom stereocenters. The SMILES string of the molecule is CCN1CCN(CC(=O)Nc2ccc(F)cc2)C(=O)C1=O. The van der Waals surface area contributed by atoms with Crippen molar-refractivity contribution >= 4 is 23.4 Å². The normalized spacial score (nSPS) is 15.3. The van der Waals surface area contributed by atoms with Crippen LogP contribution >= 0.6 is 0 Å². The fraction of sp³-hybridized carbons (Fsp3) is 0.357. The highest BCUT2D eigenvalue weighted by Gasteiger charge is 2.32. The number of anilines is 1. The molecule has 0 bridgehead atoms. The van der Waals surface area contributed by atoms with Crippen molar-refractivity contribution in [2.24, 2.45) is 0 Å². The molecular formula is C14H16FN3O3. The number of likely N-dealkylation sites (N-methyl/N-ethyl adjacent to an activating group) is 1. The van der Waals surface area contributed by atoms with E-state index in [4.69, 9.17) is 0 Å². The molecule has 0 aromatic heterocycles. The first kappa shape index (κ1) is 15.0. The summed E-state index contributed by atoms with van der Waals surface area (Å²) in [5.74, 6) is -2.08. The molecule has 112 valence electrons. The van der Waals surface area contributed by atoms with E-state index in [1.54, 1.807) is 6.92 Å². The number of nitrogens with zero attached hydrogens (tertiary/aromatic N) is 2. The summed E-state index contributed by atoms with van der Waals surface area (Å²) in [6.45, 7) is 2.82. The van der Waals surface area contributed by atoms with Gasteiger partial charge in [0.05, 0.1) is 0 Å². The number of carbonyl (C=O) groups is 3. The topological polar surface area (TPSA) is 69.7 Å². The first-order valence-corrected chi connectivity index (χ1v) is 6.65. The van der Waals surface area contributed by atoms with E-state index in [9.17, 15) is 18.8 Å². The zero-order valence-electron chi connectivity index (χ0n) is 11.6. The van der Waals surface area contributed by atoms with E-state index < -0.39 is 23.5 Å². The molecule has 21 heavy (non-hydrogen) atoms. The first-order chi connectivity index (χ1) is 10.0. The van der Waals surface area contributed by atoms with Gasteiger partial charge in [-0.2, -0.15) is 0 Å². The molecule has 1 aromatic carbocycles. The van der Waals surface area contributed by atoms with Crippen molar-refractivity contribution in [1.29, 1.82) is 0 Å². The van der Waals surface area contributed by atoms with Gasteiger partial charge in [-0.25, -0.2) is 4.39 Å². The molecule has 0 saturated carbocycles. The van der Waals surface area contributed by atoms with Crippen molar-refractivity contribution in [3.8, 4) is 0 Å². The Kier molecular flexibility index (Phi) is 4.52. The quantitative estimate of drug-likeness (QED) is 0.820. The molecule has 3 amide bonds. The van der Waals surface area contributed by atoms with Gasteiger partial charge in [0.25, 0.3) is 0 Å². The van der Waals surface area contributed by atoms with Crippen LogP contribution in [0.3, 0.4) is 0 Å². The average Bonchev–Trinajstić information content (AvgIpc) is 2.47. The number of carbonyl (C=O) groups excluding carboxylic acids is 3. The van der Waals surface area contributed by atoms with Crippen LogP contribution in [-0.2, 0) is 14.4 Å². The molecule has 1 N–H and O–H groups in total. The number of hydrogen-bond acceptors (Lipinski definition) is 3. The molecule has 0 aliphatic carbocycles. The molecular weight excluding hydrogens is 277 g/mol. The molecule has 2 rings (SSSR count). The third-order valence-electron chi connectivity index (χ3n) is 3.24. The summed E-state index contributed by atoms with van der Waals surface area (Å²) in [6, 6.07) is 5.30. The van der Waals surface area contributed by atoms with Crippen molar-refractivity contribution < 1.29 is 18.8 Å². The van der Waals surface area contributed by atoms with E-state index in [1.165, 1.54) is 34.1 Å². The third-order valence-corrected chi connectivity index (χ3v) is 3.24. The summed E-state index contributed by atoms with van der Waals surface area (Å²) in [5.41, 5.74) is 0.437. The third kappa shape index (κ3) is 3.56. The Labute approximate surface area is 121 Å². The number of benzene rings is 1. The van der Waals surface area contributed by atoms with Crippen LogP contribution in [0.15, 0.2) is 24.3 Å². The van der Waals surface area contributed by atoms with E-state index in [1.807, 2.05) is 0 Å². The molecule has 0 unspecified atom stereocenters. The Hall–Kier alpha value is -2.44. The lowest BCUT2D eigenvalue weighted by Gasteiger charge is -2.32. The van der Waals surface area contributed by atoms with Crippen molar-refractivity contribution in [3.05, 3.63) is 30.1 Å². The maximum absolute atomic E-state index is 12.8. The minimum Gasteiger partial charge on any atom is -0.333 e. The maximum Gasteiger partial charge on any atom is 0.312 e. The van der Waals surface area contributed by atoms with Crippen LogP contribution in [0.25, 0.3) is 0 Å². The van der Waals surface area contributed by atoms with Gasteiger partial charge in [0.1, 0.15) is 12.4 Å². The molecule has 1 fully saturated rings. The van der Waals surface area contributed by atoms with Crippen LogP contribution in [-0.4, -0.2) is 53.7 Å². The predicted molar refractivity (Wildman–Crippen MR) is 73.9 cm³/mol. The second-order valence-corrected chi connectivity index (χ2v) is 4.67. The highest BCUT2D eigenvalue weighted by Crippen LogP contribution is 2.09. The number of halogens is 1. The van der Waals surface area contributed by atoms with E-state index in [0.29, 0.717) is 25.3 Å². The maximum atomic E-state index is 12.8. The molecule has 1 aliphatic heterocycles. The summed E-state index contributed by atoms with van der Waals surface area (Å²) in [4.78, 5) is 38.0. The van der Waals surface area contributed by atoms with E-state index in [2.05, 4.69) is 5.32 Å². The lowest BCUT2D eigenvalue weighted by molar-refractivity contribution is -0.156. The Morgan fingerprint density at radius 1 is 1.14 bits per heavy atom. The molecule has 1 aromatic rings. The Balaban J connectivity index is 1.92. The van der Waals surface area contributed by atoms with Crippen molar-refractivity contribution in [2.75, 3.05) is 31.5 Å². The van der Waals surface area contributed by atoms with Crippen molar-refractivity contribution in [1.82, 2.24) is 9.80 Å². The van der Waals surface area contributed by atoms with Gasteiger partial charge >= 0.3 is 11.8 Å². The summed E-state index contributed by atoms with van der Waals surface area (Å²) < 4.78 is 12.8. The van der Waals surface area contributed by atoms with Crippen LogP contribution in [0, 0.1) is 5.82 Å². The second kappa shape index (κ2) is 6.34. The zero-order valence-corrected chi connectivity index (χ0v) is 11.6. The number of hydrogen-bond donors (Lipinski definition) is 1. The van der Waals surface area contributed by atoms with Gasteiger partial charge in [0, 0.05) is 25.3 Å². The number of piperazine rings is 1. The van der Waals surface area contributed by atoms with Crippen molar-refractivity contribution in [2.45, 2.75) is 6.92 Å². The van der Waals surface area contributed by atoms with Crippen LogP contribution in [0.5, 0.6) is 0 Å². The van der Waals surface area contributed by atoms with E-state index >= 15 is 0 Å². The highest BCUT2D eigenvalue weighted by atomic mass is 19.1. The molecule has 1 heterocycles. The Bertz CT molecular complexity index is 559. The van der Waals surface area contributed by atoms with Gasteiger partial charge in [0.15, 0.2) is 0 Å². The molecule has 6 nitrogen and oxygen atoms in total. The monoisotopic (exact) mass is 293 g/mol. The first-order valence-electron chi connectivity index (χ1n) is 6.65. The molecule has 0 spiro atoms. The van der Waals surface area contributed by atoms with Gasteiger partial charge in [-0.1, -0.05) is 0 Å². The lowest BCUT2D eigenvalue weighted by atomic mass is 10.2. The molecule has 7 heteroatoms. The molecule has 1 aliphatic rings. The zero-order chi connectivity index (χ0) is 15.4. The van der Waals surface area contributed by atoms with E-state index in [-0.39, 0.29) is 6.54 Å². The van der Waals surface area contributed by atoms with Gasteiger partial charge in [-0.05, 0) is 31.2 Å². The molecule has 0 radical (unpaired) electrons. The Morgan fingerprint density at radius 2 is 1.71 bits per heavy atom. The fourth-order valence-electron chi connectivity index (χ4n) is 2.07. The van der Waals surface area contributed by atoms with Gasteiger partial charge in [-0.3, -0.25) is 14.4 Å². The average molecular weight is 293 g/mol. The lowest BCUT2D eigenvalue weighted by Crippen LogP contribution is -2.55. The highest BCUT2D eigenvalue weighted by molar-refractivity contribution is 6.35. The van der Waals surface area contributed by atoms with Crippen LogP contribution < -0.4 is 5.32 Å². The van der Waals surface area contributed by atoms with Crippen molar-refractivity contribution in [3.63, 3.8) is 0 Å². The second-order valence-electron chi connectivity index (χ2n) is 4.67. The number of rotatable bonds is 4. The van der Waals surface area contributed by atoms with Gasteiger partial charge in [0.2, 0.25) is 5.91 Å². The summed E-state index contributed by atoms with van der Waals surface area (Å²) in [6.07, 6.45) is 0. The van der Waals surface area contributed by atoms with Crippen LogP contribution in [0.1, 0.15) is 6.92 Å². The standard InChI is InChI=1S/C14H16FN3O3/c1-2-17-7-8-18(14(21)13(17)20)9-12(19)16-11-5-3-10(15)4-6-11/h3-6H,2,7-9H2,1H3,(H,16,19). The number of nitrogens with one attached hydrogen (secondary N) is 1. The van der Waals surface area contributed by atoms with Crippen LogP contribution in [0.2, 0.25) is 0 Å². The van der Waals surface area contributed by atoms with E-state index in [0.717, 1.165) is 0 Å². The van der Waals surface area contributed by atoms with Crippen LogP contribution in [0.4, 0.5) is 10.1 Å². The van der Waals surface area contributed by atoms with Gasteiger partial charge < -0.3 is 15.1 Å². The summed E-state index contributed by atoms with van der Waals surface area (Å²) in [7, 11) is 0. The minimum atomic E-state index is -0.669. The fourth-order valence-corrected chi connectivity index (χ4v) is 2.07. The summed E-state index contributed by atoms with van der Waals surface area (Å²) >= 11 is 0. The largest absolute Gasteiger partial charge is 0.333 e. The molecule has 1 saturated heterocycles. The minimum absolute atomic E-state index is 0.195. The smallest absolute Gasteiger partial charge is 0.312 e. The predicted octanol–water partition coefficient (Wildman–Crippen LogP) is 0.455. The Morgan fingerprint density at radius 3 is 2.33 bits per heavy atom. The number of amides is 3. The van der Waals surface area contributed by atoms with Gasteiger partial charge in [-0.15, -0.1) is 0 Å².